The van der Waals surface area contributed by atoms with Crippen LogP contribution in [-0.2, 0) is 20.2 Å². The number of para-hydroxylation sites is 2. The van der Waals surface area contributed by atoms with Gasteiger partial charge in [0.25, 0.3) is 0 Å². The third-order valence-electron chi connectivity index (χ3n) is 2.89. The summed E-state index contributed by atoms with van der Waals surface area (Å²) in [5, 5.41) is 0. The lowest BCUT2D eigenvalue weighted by Gasteiger charge is -2.25. The van der Waals surface area contributed by atoms with Crippen molar-refractivity contribution in [3.05, 3.63) is 59.7 Å². The molecule has 0 bridgehead atoms. The van der Waals surface area contributed by atoms with Gasteiger partial charge in [0.05, 0.1) is 11.9 Å². The third kappa shape index (κ3) is 6.67. The lowest BCUT2D eigenvalue weighted by molar-refractivity contribution is 0.395. The summed E-state index contributed by atoms with van der Waals surface area (Å²) in [6.07, 6.45) is 0. The van der Waals surface area contributed by atoms with Gasteiger partial charge in [0.15, 0.2) is 4.29 Å². The minimum atomic E-state index is -3.36. The van der Waals surface area contributed by atoms with E-state index < -0.39 is 11.0 Å². The molecule has 0 heterocycles. The Morgan fingerprint density at radius 3 is 1.38 bits per heavy atom. The minimum absolute atomic E-state index is 0.447. The smallest absolute Gasteiger partial charge is 0.414 e. The van der Waals surface area contributed by atoms with Crippen LogP contribution in [-0.4, -0.2) is 0 Å². The Morgan fingerprint density at radius 1 is 0.731 bits per heavy atom. The van der Waals surface area contributed by atoms with Gasteiger partial charge in [-0.1, -0.05) is 132 Å². The van der Waals surface area contributed by atoms with Gasteiger partial charge in [-0.25, -0.2) is 0 Å². The summed E-state index contributed by atoms with van der Waals surface area (Å²) >= 11 is 31.9. The zero-order valence-corrected chi connectivity index (χ0v) is 24.3. The zero-order chi connectivity index (χ0) is 19.6. The van der Waals surface area contributed by atoms with Crippen LogP contribution in [0.4, 0.5) is 0 Å². The fourth-order valence-corrected chi connectivity index (χ4v) is 5.36. The van der Waals surface area contributed by atoms with Crippen molar-refractivity contribution >= 4 is 126 Å². The first-order chi connectivity index (χ1) is 12.0. The number of alkyl halides is 6. The molecule has 2 rings (SSSR count). The van der Waals surface area contributed by atoms with Crippen LogP contribution in [0.2, 0.25) is 0 Å². The van der Waals surface area contributed by atoms with Gasteiger partial charge in [-0.2, -0.15) is 4.08 Å². The van der Waals surface area contributed by atoms with Crippen LogP contribution in [0.5, 0.6) is 11.5 Å². The number of hydrogen-bond acceptors (Lipinski definition) is 4. The van der Waals surface area contributed by atoms with Gasteiger partial charge in [-0.15, -0.1) is 0 Å². The highest BCUT2D eigenvalue weighted by atomic mass is 80.0. The highest BCUT2D eigenvalue weighted by molar-refractivity contribution is 9.39. The molecule has 0 aliphatic carbocycles. The number of halogens is 7. The standard InChI is InChI=1S/C14H8Br6ClO3PS/c15-13(16,17)9-5-1-3-7-11(9)22-25(26,24-21)23-12-8-4-2-6-10(12)14(18,19)20/h1-8H. The van der Waals surface area contributed by atoms with E-state index in [4.69, 9.17) is 36.8 Å². The van der Waals surface area contributed by atoms with Gasteiger partial charge >= 0.3 is 6.72 Å². The topological polar surface area (TPSA) is 27.7 Å². The fourth-order valence-electron chi connectivity index (χ4n) is 1.85. The fraction of sp³-hybridized carbons (Fsp3) is 0.143. The normalized spacial score (nSPS) is 12.7. The molecule has 0 aliphatic heterocycles. The van der Waals surface area contributed by atoms with Crippen LogP contribution in [0.15, 0.2) is 48.5 Å². The lowest BCUT2D eigenvalue weighted by Crippen LogP contribution is -2.08. The number of rotatable bonds is 5. The maximum atomic E-state index is 5.89. The summed E-state index contributed by atoms with van der Waals surface area (Å²) < 4.78 is 15.3. The van der Waals surface area contributed by atoms with E-state index in [0.29, 0.717) is 11.5 Å². The molecule has 142 valence electrons. The lowest BCUT2D eigenvalue weighted by atomic mass is 10.2. The van der Waals surface area contributed by atoms with Crippen LogP contribution >= 0.6 is 114 Å². The Kier molecular flexibility index (Phi) is 9.04. The summed E-state index contributed by atoms with van der Waals surface area (Å²) in [6, 6.07) is 14.5. The van der Waals surface area contributed by atoms with E-state index in [-0.39, 0.29) is 0 Å². The summed E-state index contributed by atoms with van der Waals surface area (Å²) in [4.78, 5) is 0. The third-order valence-corrected chi connectivity index (χ3v) is 7.92. The molecule has 0 radical (unpaired) electrons. The zero-order valence-electron chi connectivity index (χ0n) is 12.3. The Labute approximate surface area is 212 Å². The molecule has 2 aromatic carbocycles. The molecule has 2 aromatic rings. The van der Waals surface area contributed by atoms with E-state index in [1.165, 1.54) is 0 Å². The van der Waals surface area contributed by atoms with E-state index in [9.17, 15) is 0 Å². The molecular formula is C14H8Br6ClO3PS. The van der Waals surface area contributed by atoms with Crippen molar-refractivity contribution in [2.75, 3.05) is 0 Å². The van der Waals surface area contributed by atoms with E-state index in [0.717, 1.165) is 11.1 Å². The Morgan fingerprint density at radius 2 is 1.08 bits per heavy atom. The van der Waals surface area contributed by atoms with E-state index >= 15 is 0 Å². The van der Waals surface area contributed by atoms with Crippen molar-refractivity contribution < 1.29 is 13.1 Å². The van der Waals surface area contributed by atoms with E-state index in [1.54, 1.807) is 24.3 Å². The highest BCUT2D eigenvalue weighted by Gasteiger charge is 2.33. The molecule has 0 unspecified atom stereocenters. The highest BCUT2D eigenvalue weighted by Crippen LogP contribution is 2.57. The average molecular weight is 802 g/mol. The second-order valence-corrected chi connectivity index (χ2v) is 21.4. The Balaban J connectivity index is 2.39. The number of hydrogen-bond donors (Lipinski definition) is 0. The van der Waals surface area contributed by atoms with E-state index in [1.807, 2.05) is 24.3 Å². The van der Waals surface area contributed by atoms with Crippen molar-refractivity contribution in [1.29, 1.82) is 0 Å². The quantitative estimate of drug-likeness (QED) is 0.223. The Bertz CT molecular complexity index is 763. The molecule has 12 heteroatoms. The van der Waals surface area contributed by atoms with Crippen LogP contribution in [0.25, 0.3) is 0 Å². The number of benzene rings is 2. The predicted octanol–water partition coefficient (Wildman–Crippen LogP) is 9.13. The molecular weight excluding hydrogens is 794 g/mol. The van der Waals surface area contributed by atoms with Crippen LogP contribution in [0.1, 0.15) is 11.1 Å². The molecule has 0 atom stereocenters. The molecule has 0 amide bonds. The van der Waals surface area contributed by atoms with Gasteiger partial charge in [0.2, 0.25) is 0 Å². The monoisotopic (exact) mass is 795 g/mol. The Hall–Kier alpha value is 1.82. The molecule has 3 nitrogen and oxygen atoms in total. The molecule has 0 spiro atoms. The minimum Gasteiger partial charge on any atom is -0.414 e. The molecule has 0 saturated carbocycles. The first-order valence-corrected chi connectivity index (χ1v) is 14.2. The largest absolute Gasteiger partial charge is 0.451 e. The van der Waals surface area contributed by atoms with Gasteiger partial charge < -0.3 is 9.05 Å². The SMILES string of the molecule is S=P(OCl)(Oc1ccccc1C(Br)(Br)Br)Oc1ccccc1C(Br)(Br)Br. The van der Waals surface area contributed by atoms with Gasteiger partial charge in [-0.05, 0) is 12.1 Å². The molecule has 0 saturated heterocycles. The van der Waals surface area contributed by atoms with Crippen molar-refractivity contribution in [3.63, 3.8) is 0 Å². The predicted molar refractivity (Wildman–Crippen MR) is 132 cm³/mol. The molecule has 0 N–H and O–H groups in total. The average Bonchev–Trinajstić information content (AvgIpc) is 2.54. The van der Waals surface area contributed by atoms with Gasteiger partial charge in [-0.3, -0.25) is 0 Å². The summed E-state index contributed by atoms with van der Waals surface area (Å²) in [5.41, 5.74) is 1.46. The maximum absolute atomic E-state index is 5.89. The van der Waals surface area contributed by atoms with Crippen molar-refractivity contribution in [2.24, 2.45) is 0 Å². The van der Waals surface area contributed by atoms with Crippen molar-refractivity contribution in [2.45, 2.75) is 4.29 Å². The summed E-state index contributed by atoms with van der Waals surface area (Å²) in [6.45, 7) is -3.36. The van der Waals surface area contributed by atoms with Crippen LogP contribution in [0.3, 0.4) is 0 Å². The summed E-state index contributed by atoms with van der Waals surface area (Å²) in [5.74, 6) is 0.893. The van der Waals surface area contributed by atoms with Crippen molar-refractivity contribution in [3.8, 4) is 11.5 Å². The summed E-state index contributed by atoms with van der Waals surface area (Å²) in [7, 11) is 0. The van der Waals surface area contributed by atoms with E-state index in [2.05, 4.69) is 95.6 Å². The van der Waals surface area contributed by atoms with Gasteiger partial charge in [0.1, 0.15) is 11.5 Å². The molecule has 0 aliphatic rings. The van der Waals surface area contributed by atoms with Gasteiger partial charge in [0, 0.05) is 22.9 Å². The molecule has 26 heavy (non-hydrogen) atoms. The second-order valence-electron chi connectivity index (χ2n) is 4.69. The first kappa shape index (κ1) is 24.1. The first-order valence-electron chi connectivity index (χ1n) is 6.58. The van der Waals surface area contributed by atoms with Crippen LogP contribution in [0, 0.1) is 0 Å². The second kappa shape index (κ2) is 9.75. The van der Waals surface area contributed by atoms with Crippen LogP contribution < -0.4 is 9.05 Å². The van der Waals surface area contributed by atoms with Crippen molar-refractivity contribution in [1.82, 2.24) is 0 Å². The maximum Gasteiger partial charge on any atom is 0.451 e. The molecule has 0 aromatic heterocycles. The molecule has 0 fully saturated rings.